The maximum absolute atomic E-state index is 12.2. The first-order valence-electron chi connectivity index (χ1n) is 17.4. The fourth-order valence-corrected chi connectivity index (χ4v) is 8.05. The number of hydrogen-bond donors (Lipinski definition) is 1. The van der Waals surface area contributed by atoms with Crippen molar-refractivity contribution in [2.75, 3.05) is 0 Å². The fraction of sp³-hybridized carbons (Fsp3) is 0.372. The van der Waals surface area contributed by atoms with E-state index in [1.54, 1.807) is 22.7 Å². The van der Waals surface area contributed by atoms with E-state index in [-0.39, 0.29) is 47.9 Å². The molecular weight excluding hydrogens is 833 g/mol. The zero-order chi connectivity index (χ0) is 35.6. The molecule has 0 fully saturated rings. The van der Waals surface area contributed by atoms with Gasteiger partial charge in [-0.2, -0.15) is 0 Å². The standard InChI is InChI=1S/C28H21N2S2.C15H28O2.Ir/c1-28(2,3)22-15-19(14-18-6-4-5-7-20(18)22)25-21-16-24(32-23(21)9-12-29-25)26-27-17(8-11-30-26)10-13-31-27;1-7-14(5,8-2)12(16)11-13(17)15(6,9-3)10-4;/h4-13,15-16H,1-3H3;11,16H,7-10H2,1-6H3;/q-1;;/b;12-11-;. The number of fused-ring (bicyclic) bond motifs is 3. The molecule has 2 aromatic carbocycles. The summed E-state index contributed by atoms with van der Waals surface area (Å²) in [6.45, 7) is 18.9. The second kappa shape index (κ2) is 16.0. The minimum atomic E-state index is -0.337. The monoisotopic (exact) mass is 882 g/mol. The number of aliphatic hydroxyl groups excluding tert-OH is 1. The third-order valence-corrected chi connectivity index (χ3v) is 12.5. The van der Waals surface area contributed by atoms with Crippen LogP contribution in [0.25, 0.3) is 52.8 Å². The largest absolute Gasteiger partial charge is 0.512 e. The molecule has 0 amide bonds. The molecule has 0 atom stereocenters. The SMILES string of the molecule is CC(C)(C)c1cc(-c2nccc3sc(-c4nccc5ccsc45)cc23)[c-]c2ccccc12.CCC(C)(CC)C(=O)/C=C(\O)C(C)(CC)CC.[Ir]. The van der Waals surface area contributed by atoms with Gasteiger partial charge in [-0.3, -0.25) is 14.8 Å². The van der Waals surface area contributed by atoms with E-state index in [9.17, 15) is 9.90 Å². The third-order valence-electron chi connectivity index (χ3n) is 10.5. The molecule has 0 unspecified atom stereocenters. The molecule has 0 saturated carbocycles. The Labute approximate surface area is 319 Å². The number of nitrogens with zero attached hydrogens (tertiary/aromatic N) is 2. The summed E-state index contributed by atoms with van der Waals surface area (Å²) in [7, 11) is 0. The second-order valence-corrected chi connectivity index (χ2v) is 16.5. The van der Waals surface area contributed by atoms with E-state index in [0.29, 0.717) is 0 Å². The van der Waals surface area contributed by atoms with Crippen molar-refractivity contribution in [3.8, 4) is 21.8 Å². The summed E-state index contributed by atoms with van der Waals surface area (Å²) in [6, 6.07) is 23.0. The van der Waals surface area contributed by atoms with Crippen molar-refractivity contribution in [3.63, 3.8) is 0 Å². The summed E-state index contributed by atoms with van der Waals surface area (Å²) >= 11 is 3.53. The van der Waals surface area contributed by atoms with E-state index in [1.807, 2.05) is 53.9 Å². The van der Waals surface area contributed by atoms with Gasteiger partial charge in [-0.15, -0.1) is 51.8 Å². The Balaban J connectivity index is 0.000000269. The average Bonchev–Trinajstić information content (AvgIpc) is 3.78. The molecular formula is C43H49IrN2O2S2-. The van der Waals surface area contributed by atoms with Crippen molar-refractivity contribution in [2.45, 2.75) is 93.4 Å². The minimum Gasteiger partial charge on any atom is -0.512 e. The van der Waals surface area contributed by atoms with E-state index in [1.165, 1.54) is 36.7 Å². The van der Waals surface area contributed by atoms with Gasteiger partial charge in [0.15, 0.2) is 5.78 Å². The van der Waals surface area contributed by atoms with Crippen LogP contribution in [-0.4, -0.2) is 20.9 Å². The normalized spacial score (nSPS) is 12.5. The second-order valence-electron chi connectivity index (χ2n) is 14.5. The van der Waals surface area contributed by atoms with Gasteiger partial charge in [0.05, 0.1) is 15.3 Å². The first kappa shape index (κ1) is 39.6. The van der Waals surface area contributed by atoms with Crippen LogP contribution in [0.15, 0.2) is 84.2 Å². The zero-order valence-corrected chi connectivity index (χ0v) is 34.8. The Hall–Kier alpha value is -3.22. The molecule has 4 nitrogen and oxygen atoms in total. The van der Waals surface area contributed by atoms with Crippen LogP contribution < -0.4 is 0 Å². The van der Waals surface area contributed by atoms with Gasteiger partial charge in [0.25, 0.3) is 0 Å². The molecule has 0 aliphatic heterocycles. The molecule has 0 aliphatic carbocycles. The van der Waals surface area contributed by atoms with Crippen LogP contribution in [-0.2, 0) is 30.3 Å². The van der Waals surface area contributed by atoms with E-state index in [4.69, 9.17) is 9.97 Å². The van der Waals surface area contributed by atoms with Gasteiger partial charge in [0.1, 0.15) is 5.76 Å². The summed E-state index contributed by atoms with van der Waals surface area (Å²) in [5, 5.41) is 17.1. The number of rotatable bonds is 9. The number of hydrogen-bond acceptors (Lipinski definition) is 6. The van der Waals surface area contributed by atoms with Gasteiger partial charge in [-0.1, -0.05) is 91.5 Å². The van der Waals surface area contributed by atoms with Gasteiger partial charge < -0.3 is 5.11 Å². The fourth-order valence-electron chi connectivity index (χ4n) is 6.03. The average molecular weight is 882 g/mol. The molecule has 0 saturated heterocycles. The molecule has 6 rings (SSSR count). The first-order chi connectivity index (χ1) is 23.3. The number of aromatic nitrogens is 2. The van der Waals surface area contributed by atoms with Gasteiger partial charge in [-0.05, 0) is 71.5 Å². The molecule has 4 aromatic heterocycles. The van der Waals surface area contributed by atoms with Crippen molar-refractivity contribution >= 4 is 59.4 Å². The summed E-state index contributed by atoms with van der Waals surface area (Å²) < 4.78 is 2.46. The summed E-state index contributed by atoms with van der Waals surface area (Å²) in [5.74, 6) is 0.286. The summed E-state index contributed by atoms with van der Waals surface area (Å²) in [6.07, 6.45) is 8.57. The number of carbonyl (C=O) groups is 1. The molecule has 0 aliphatic rings. The molecule has 0 spiro atoms. The smallest absolute Gasteiger partial charge is 0.164 e. The molecule has 4 heterocycles. The third kappa shape index (κ3) is 7.97. The number of aliphatic hydroxyl groups is 1. The number of carbonyl (C=O) groups excluding carboxylic acids is 1. The number of ketones is 1. The van der Waals surface area contributed by atoms with E-state index in [0.717, 1.165) is 53.4 Å². The predicted octanol–water partition coefficient (Wildman–Crippen LogP) is 13.1. The van der Waals surface area contributed by atoms with E-state index >= 15 is 0 Å². The molecule has 0 bridgehead atoms. The van der Waals surface area contributed by atoms with E-state index in [2.05, 4.69) is 86.8 Å². The molecule has 1 N–H and O–H groups in total. The maximum atomic E-state index is 12.2. The van der Waals surface area contributed by atoms with Gasteiger partial charge >= 0.3 is 0 Å². The van der Waals surface area contributed by atoms with Gasteiger partial charge in [0.2, 0.25) is 0 Å². The minimum absolute atomic E-state index is 0. The number of pyridine rings is 2. The molecule has 6 aromatic rings. The van der Waals surface area contributed by atoms with Crippen LogP contribution in [0, 0.1) is 16.9 Å². The Bertz CT molecular complexity index is 2130. The number of thiophene rings is 2. The Morgan fingerprint density at radius 1 is 0.820 bits per heavy atom. The van der Waals surface area contributed by atoms with Gasteiger partial charge in [0, 0.05) is 59.8 Å². The summed E-state index contributed by atoms with van der Waals surface area (Å²) in [5.41, 5.74) is 3.83. The van der Waals surface area contributed by atoms with E-state index < -0.39 is 0 Å². The number of benzene rings is 2. The van der Waals surface area contributed by atoms with Crippen molar-refractivity contribution in [1.82, 2.24) is 9.97 Å². The van der Waals surface area contributed by atoms with Crippen LogP contribution in [0.2, 0.25) is 0 Å². The van der Waals surface area contributed by atoms with Crippen molar-refractivity contribution < 1.29 is 30.0 Å². The van der Waals surface area contributed by atoms with Crippen LogP contribution >= 0.6 is 22.7 Å². The van der Waals surface area contributed by atoms with Crippen LogP contribution in [0.1, 0.15) is 93.6 Å². The molecule has 50 heavy (non-hydrogen) atoms. The molecule has 7 heteroatoms. The Morgan fingerprint density at radius 3 is 2.12 bits per heavy atom. The summed E-state index contributed by atoms with van der Waals surface area (Å²) in [4.78, 5) is 22.9. The zero-order valence-electron chi connectivity index (χ0n) is 30.7. The topological polar surface area (TPSA) is 63.1 Å². The first-order valence-corrected chi connectivity index (χ1v) is 19.1. The van der Waals surface area contributed by atoms with Gasteiger partial charge in [-0.25, -0.2) is 0 Å². The van der Waals surface area contributed by atoms with Crippen molar-refractivity contribution in [1.29, 1.82) is 0 Å². The van der Waals surface area contributed by atoms with Crippen LogP contribution in [0.3, 0.4) is 0 Å². The quantitative estimate of drug-likeness (QED) is 0.0893. The van der Waals surface area contributed by atoms with Crippen LogP contribution in [0.5, 0.6) is 0 Å². The van der Waals surface area contributed by atoms with Crippen LogP contribution in [0.4, 0.5) is 0 Å². The van der Waals surface area contributed by atoms with Crippen molar-refractivity contribution in [2.24, 2.45) is 10.8 Å². The Kier molecular flexibility index (Phi) is 12.6. The Morgan fingerprint density at radius 2 is 1.46 bits per heavy atom. The predicted molar refractivity (Wildman–Crippen MR) is 212 cm³/mol. The van der Waals surface area contributed by atoms with Crippen molar-refractivity contribution in [3.05, 3.63) is 95.8 Å². The number of allylic oxidation sites excluding steroid dienone is 2. The maximum Gasteiger partial charge on any atom is 0.164 e. The molecule has 1 radical (unpaired) electrons. The molecule has 265 valence electrons.